The van der Waals surface area contributed by atoms with E-state index in [0.29, 0.717) is 18.9 Å². The first-order valence-electron chi connectivity index (χ1n) is 5.61. The SMILES string of the molecule is Cc1cnn(CCOc2ccccc2C(=O)O)c1. The van der Waals surface area contributed by atoms with Crippen LogP contribution in [0.1, 0.15) is 15.9 Å². The normalized spacial score (nSPS) is 10.3. The lowest BCUT2D eigenvalue weighted by atomic mass is 10.2. The van der Waals surface area contributed by atoms with E-state index in [1.807, 2.05) is 13.1 Å². The lowest BCUT2D eigenvalue weighted by Crippen LogP contribution is -2.10. The largest absolute Gasteiger partial charge is 0.491 e. The Balaban J connectivity index is 1.96. The highest BCUT2D eigenvalue weighted by molar-refractivity contribution is 5.90. The van der Waals surface area contributed by atoms with Gasteiger partial charge in [0.25, 0.3) is 0 Å². The van der Waals surface area contributed by atoms with Gasteiger partial charge in [-0.05, 0) is 24.6 Å². The number of carboxylic acids is 1. The minimum atomic E-state index is -0.986. The third-order valence-electron chi connectivity index (χ3n) is 2.46. The van der Waals surface area contributed by atoms with Crippen LogP contribution >= 0.6 is 0 Å². The van der Waals surface area contributed by atoms with E-state index >= 15 is 0 Å². The van der Waals surface area contributed by atoms with Gasteiger partial charge in [0.1, 0.15) is 17.9 Å². The summed E-state index contributed by atoms with van der Waals surface area (Å²) >= 11 is 0. The van der Waals surface area contributed by atoms with Gasteiger partial charge in [-0.25, -0.2) is 4.79 Å². The van der Waals surface area contributed by atoms with Crippen LogP contribution in [0, 0.1) is 6.92 Å². The van der Waals surface area contributed by atoms with Crippen molar-refractivity contribution >= 4 is 5.97 Å². The quantitative estimate of drug-likeness (QED) is 0.876. The maximum absolute atomic E-state index is 11.0. The number of para-hydroxylation sites is 1. The van der Waals surface area contributed by atoms with Crippen molar-refractivity contribution in [1.82, 2.24) is 9.78 Å². The molecule has 2 aromatic rings. The number of ether oxygens (including phenoxy) is 1. The number of nitrogens with zero attached hydrogens (tertiary/aromatic N) is 2. The first-order valence-corrected chi connectivity index (χ1v) is 5.61. The molecule has 0 amide bonds. The van der Waals surface area contributed by atoms with Crippen molar-refractivity contribution < 1.29 is 14.6 Å². The van der Waals surface area contributed by atoms with Gasteiger partial charge in [0.2, 0.25) is 0 Å². The molecule has 0 aliphatic carbocycles. The van der Waals surface area contributed by atoms with Crippen LogP contribution in [0.15, 0.2) is 36.7 Å². The zero-order valence-electron chi connectivity index (χ0n) is 10.0. The van der Waals surface area contributed by atoms with Gasteiger partial charge in [-0.3, -0.25) is 4.68 Å². The van der Waals surface area contributed by atoms with Gasteiger partial charge < -0.3 is 9.84 Å². The van der Waals surface area contributed by atoms with Gasteiger partial charge in [0.15, 0.2) is 0 Å². The van der Waals surface area contributed by atoms with Gasteiger partial charge in [-0.1, -0.05) is 12.1 Å². The molecule has 0 spiro atoms. The van der Waals surface area contributed by atoms with Crippen molar-refractivity contribution in [1.29, 1.82) is 0 Å². The number of rotatable bonds is 5. The van der Waals surface area contributed by atoms with Crippen molar-refractivity contribution in [2.24, 2.45) is 0 Å². The second-order valence-electron chi connectivity index (χ2n) is 3.93. The highest BCUT2D eigenvalue weighted by Gasteiger charge is 2.09. The fourth-order valence-corrected chi connectivity index (χ4v) is 1.61. The number of aromatic nitrogens is 2. The standard InChI is InChI=1S/C13H14N2O3/c1-10-8-14-15(9-10)6-7-18-12-5-3-2-4-11(12)13(16)17/h2-5,8-9H,6-7H2,1H3,(H,16,17). The number of benzene rings is 1. The third kappa shape index (κ3) is 2.88. The Morgan fingerprint density at radius 3 is 2.89 bits per heavy atom. The molecule has 1 N–H and O–H groups in total. The topological polar surface area (TPSA) is 64.4 Å². The smallest absolute Gasteiger partial charge is 0.339 e. The molecule has 0 unspecified atom stereocenters. The van der Waals surface area contributed by atoms with Crippen molar-refractivity contribution in [2.45, 2.75) is 13.5 Å². The third-order valence-corrected chi connectivity index (χ3v) is 2.46. The maximum atomic E-state index is 11.0. The van der Waals surface area contributed by atoms with E-state index in [1.54, 1.807) is 29.1 Å². The summed E-state index contributed by atoms with van der Waals surface area (Å²) in [6.07, 6.45) is 3.68. The second-order valence-corrected chi connectivity index (χ2v) is 3.93. The Bertz CT molecular complexity index is 549. The predicted molar refractivity (Wildman–Crippen MR) is 65.9 cm³/mol. The van der Waals surface area contributed by atoms with Crippen LogP contribution in [-0.4, -0.2) is 27.5 Å². The zero-order valence-corrected chi connectivity index (χ0v) is 10.0. The molecular formula is C13H14N2O3. The molecule has 0 atom stereocenters. The van der Waals surface area contributed by atoms with Crippen LogP contribution in [0.5, 0.6) is 5.75 Å². The Kier molecular flexibility index (Phi) is 3.62. The van der Waals surface area contributed by atoms with E-state index in [9.17, 15) is 4.79 Å². The summed E-state index contributed by atoms with van der Waals surface area (Å²) in [6, 6.07) is 6.60. The van der Waals surface area contributed by atoms with Crippen LogP contribution in [0.4, 0.5) is 0 Å². The molecule has 1 heterocycles. The molecule has 1 aromatic carbocycles. The lowest BCUT2D eigenvalue weighted by molar-refractivity contribution is 0.0692. The summed E-state index contributed by atoms with van der Waals surface area (Å²) in [5.41, 5.74) is 1.26. The highest BCUT2D eigenvalue weighted by atomic mass is 16.5. The van der Waals surface area contributed by atoms with Crippen LogP contribution in [0.2, 0.25) is 0 Å². The molecule has 94 valence electrons. The van der Waals surface area contributed by atoms with Gasteiger partial charge >= 0.3 is 5.97 Å². The molecule has 2 rings (SSSR count). The molecule has 5 nitrogen and oxygen atoms in total. The highest BCUT2D eigenvalue weighted by Crippen LogP contribution is 2.17. The minimum absolute atomic E-state index is 0.175. The Labute approximate surface area is 105 Å². The van der Waals surface area contributed by atoms with E-state index < -0.39 is 5.97 Å². The number of carbonyl (C=O) groups is 1. The van der Waals surface area contributed by atoms with Crippen molar-refractivity contribution in [2.75, 3.05) is 6.61 Å². The van der Waals surface area contributed by atoms with Gasteiger partial charge in [0, 0.05) is 6.20 Å². The maximum Gasteiger partial charge on any atom is 0.339 e. The molecule has 0 aliphatic rings. The molecule has 18 heavy (non-hydrogen) atoms. The van der Waals surface area contributed by atoms with Crippen LogP contribution in [0.3, 0.4) is 0 Å². The average Bonchev–Trinajstić information content (AvgIpc) is 2.75. The molecule has 0 fully saturated rings. The van der Waals surface area contributed by atoms with Crippen molar-refractivity contribution in [3.63, 3.8) is 0 Å². The summed E-state index contributed by atoms with van der Waals surface area (Å²) in [4.78, 5) is 11.0. The first-order chi connectivity index (χ1) is 8.66. The summed E-state index contributed by atoms with van der Waals surface area (Å²) in [7, 11) is 0. The summed E-state index contributed by atoms with van der Waals surface area (Å²) in [5.74, 6) is -0.602. The minimum Gasteiger partial charge on any atom is -0.491 e. The van der Waals surface area contributed by atoms with E-state index in [0.717, 1.165) is 5.56 Å². The van der Waals surface area contributed by atoms with Crippen LogP contribution in [-0.2, 0) is 6.54 Å². The Morgan fingerprint density at radius 1 is 1.44 bits per heavy atom. The average molecular weight is 246 g/mol. The molecule has 0 aliphatic heterocycles. The number of hydrogen-bond donors (Lipinski definition) is 1. The van der Waals surface area contributed by atoms with E-state index in [-0.39, 0.29) is 5.56 Å². The number of hydrogen-bond acceptors (Lipinski definition) is 3. The molecule has 0 bridgehead atoms. The van der Waals surface area contributed by atoms with E-state index in [1.165, 1.54) is 6.07 Å². The summed E-state index contributed by atoms with van der Waals surface area (Å²) in [5, 5.41) is 13.1. The monoisotopic (exact) mass is 246 g/mol. The molecule has 5 heteroatoms. The molecule has 0 saturated heterocycles. The Morgan fingerprint density at radius 2 is 2.22 bits per heavy atom. The number of aryl methyl sites for hydroxylation is 1. The Hall–Kier alpha value is -2.30. The lowest BCUT2D eigenvalue weighted by Gasteiger charge is -2.08. The van der Waals surface area contributed by atoms with Gasteiger partial charge in [-0.2, -0.15) is 5.10 Å². The van der Waals surface area contributed by atoms with Gasteiger partial charge in [0.05, 0.1) is 12.7 Å². The van der Waals surface area contributed by atoms with Gasteiger partial charge in [-0.15, -0.1) is 0 Å². The first kappa shape index (κ1) is 12.2. The number of aromatic carboxylic acids is 1. The molecule has 1 aromatic heterocycles. The summed E-state index contributed by atoms with van der Waals surface area (Å²) in [6.45, 7) is 2.93. The predicted octanol–water partition coefficient (Wildman–Crippen LogP) is 1.97. The van der Waals surface area contributed by atoms with E-state index in [4.69, 9.17) is 9.84 Å². The number of carboxylic acid groups (broad SMARTS) is 1. The second kappa shape index (κ2) is 5.35. The molecule has 0 saturated carbocycles. The fraction of sp³-hybridized carbons (Fsp3) is 0.231. The van der Waals surface area contributed by atoms with Crippen LogP contribution in [0.25, 0.3) is 0 Å². The fourth-order valence-electron chi connectivity index (χ4n) is 1.61. The van der Waals surface area contributed by atoms with Crippen molar-refractivity contribution in [3.8, 4) is 5.75 Å². The summed E-state index contributed by atoms with van der Waals surface area (Å²) < 4.78 is 7.23. The van der Waals surface area contributed by atoms with E-state index in [2.05, 4.69) is 5.10 Å². The van der Waals surface area contributed by atoms with Crippen molar-refractivity contribution in [3.05, 3.63) is 47.8 Å². The zero-order chi connectivity index (χ0) is 13.0. The molecular weight excluding hydrogens is 232 g/mol. The molecule has 0 radical (unpaired) electrons. The van der Waals surface area contributed by atoms with Crippen LogP contribution < -0.4 is 4.74 Å².